The Hall–Kier alpha value is -8.57. The van der Waals surface area contributed by atoms with Gasteiger partial charge in [0.25, 0.3) is 5.91 Å². The first-order valence-electron chi connectivity index (χ1n) is 25.1. The first kappa shape index (κ1) is 56.7. The first-order valence-corrected chi connectivity index (χ1v) is 25.1. The van der Waals surface area contributed by atoms with Crippen LogP contribution >= 0.6 is 0 Å². The lowest BCUT2D eigenvalue weighted by molar-refractivity contribution is -0.139. The van der Waals surface area contributed by atoms with Gasteiger partial charge >= 0.3 is 5.97 Å². The summed E-state index contributed by atoms with van der Waals surface area (Å²) in [6.45, 7) is 3.34. The number of ether oxygens (including phenoxy) is 2. The zero-order valence-corrected chi connectivity index (χ0v) is 42.3. The molecular formula is C52H63N9O15. The van der Waals surface area contributed by atoms with Gasteiger partial charge in [-0.2, -0.15) is 0 Å². The number of likely N-dealkylation sites (tertiary alicyclic amines) is 1. The molecule has 24 heteroatoms. The molecular weight excluding hydrogens is 991 g/mol. The number of carbonyl (C=O) groups is 11. The molecule has 76 heavy (non-hydrogen) atoms. The lowest BCUT2D eigenvalue weighted by Crippen LogP contribution is -2.55. The molecule has 24 nitrogen and oxygen atoms in total. The minimum absolute atomic E-state index is 0.0877. The van der Waals surface area contributed by atoms with Gasteiger partial charge in [0.1, 0.15) is 41.4 Å². The molecule has 3 aromatic rings. The molecule has 9 amide bonds. The van der Waals surface area contributed by atoms with Gasteiger partial charge < -0.3 is 71.9 Å². The highest BCUT2D eigenvalue weighted by atomic mass is 16.6. The third-order valence-corrected chi connectivity index (χ3v) is 12.8. The molecule has 3 aliphatic rings. The normalized spacial score (nSPS) is 15.3. The van der Waals surface area contributed by atoms with Crippen LogP contribution in [0.4, 0.5) is 0 Å². The molecule has 0 bridgehead atoms. The number of aldehydes is 1. The van der Waals surface area contributed by atoms with Crippen LogP contribution in [-0.4, -0.2) is 144 Å². The molecule has 1 spiro atoms. The van der Waals surface area contributed by atoms with Crippen LogP contribution in [0.1, 0.15) is 110 Å². The summed E-state index contributed by atoms with van der Waals surface area (Å²) in [5.41, 5.74) is 0.140. The van der Waals surface area contributed by atoms with E-state index in [-0.39, 0.29) is 84.8 Å². The number of phenols is 2. The maximum atomic E-state index is 13.5. The van der Waals surface area contributed by atoms with Crippen LogP contribution in [0.5, 0.6) is 23.0 Å². The average molecular weight is 1050 g/mol. The topological polar surface area (TPSA) is 346 Å². The van der Waals surface area contributed by atoms with Gasteiger partial charge in [-0.25, -0.2) is 4.79 Å². The molecule has 0 radical (unpaired) electrons. The number of aromatic hydroxyl groups is 2. The summed E-state index contributed by atoms with van der Waals surface area (Å²) in [6.07, 6.45) is 3.80. The smallest absolute Gasteiger partial charge is 0.340 e. The monoisotopic (exact) mass is 1050 g/mol. The Morgan fingerprint density at radius 2 is 1.29 bits per heavy atom. The maximum absolute atomic E-state index is 13.5. The van der Waals surface area contributed by atoms with Crippen molar-refractivity contribution >= 4 is 65.4 Å². The molecule has 406 valence electrons. The predicted molar refractivity (Wildman–Crippen MR) is 268 cm³/mol. The predicted octanol–water partition coefficient (Wildman–Crippen LogP) is 0.153. The Labute approximate surface area is 437 Å². The number of nitrogens with one attached hydrogen (secondary N) is 8. The summed E-state index contributed by atoms with van der Waals surface area (Å²) in [4.78, 5) is 141. The number of benzene rings is 3. The molecule has 3 heterocycles. The van der Waals surface area contributed by atoms with Crippen LogP contribution in [0, 0.1) is 5.92 Å². The highest BCUT2D eigenvalue weighted by Gasteiger charge is 2.54. The molecule has 1 saturated heterocycles. The molecule has 6 rings (SSSR count). The van der Waals surface area contributed by atoms with Gasteiger partial charge in [0.2, 0.25) is 47.3 Å². The number of fused-ring (bicyclic) bond motifs is 6. The molecule has 0 aromatic heterocycles. The van der Waals surface area contributed by atoms with Crippen molar-refractivity contribution in [2.45, 2.75) is 95.9 Å². The van der Waals surface area contributed by atoms with E-state index in [0.717, 1.165) is 0 Å². The van der Waals surface area contributed by atoms with Gasteiger partial charge in [-0.3, -0.25) is 43.2 Å². The number of hydrogen-bond donors (Lipinski definition) is 10. The van der Waals surface area contributed by atoms with Crippen LogP contribution in [0.25, 0.3) is 0 Å². The zero-order valence-electron chi connectivity index (χ0n) is 42.3. The van der Waals surface area contributed by atoms with Gasteiger partial charge in [-0.05, 0) is 74.9 Å². The van der Waals surface area contributed by atoms with Gasteiger partial charge in [-0.15, -0.1) is 0 Å². The molecule has 0 saturated carbocycles. The zero-order chi connectivity index (χ0) is 55.1. The second kappa shape index (κ2) is 26.1. The Bertz CT molecular complexity index is 2700. The second-order valence-corrected chi connectivity index (χ2v) is 18.7. The van der Waals surface area contributed by atoms with E-state index in [1.54, 1.807) is 38.1 Å². The van der Waals surface area contributed by atoms with Gasteiger partial charge in [-0.1, -0.05) is 39.7 Å². The average Bonchev–Trinajstić information content (AvgIpc) is 4.11. The second-order valence-electron chi connectivity index (χ2n) is 18.7. The van der Waals surface area contributed by atoms with Crippen molar-refractivity contribution < 1.29 is 72.4 Å². The van der Waals surface area contributed by atoms with Gasteiger partial charge in [0.05, 0.1) is 44.3 Å². The number of nitrogens with zero attached hydrogens (tertiary/aromatic N) is 1. The van der Waals surface area contributed by atoms with Crippen molar-refractivity contribution in [3.05, 3.63) is 82.4 Å². The third kappa shape index (κ3) is 14.2. The quantitative estimate of drug-likeness (QED) is 0.0307. The van der Waals surface area contributed by atoms with Crippen molar-refractivity contribution in [3.63, 3.8) is 0 Å². The summed E-state index contributed by atoms with van der Waals surface area (Å²) < 4.78 is 12.1. The lowest BCUT2D eigenvalue weighted by atomic mass is 9.77. The van der Waals surface area contributed by atoms with Crippen LogP contribution in [0.2, 0.25) is 0 Å². The molecule has 3 aromatic carbocycles. The molecule has 3 aliphatic heterocycles. The lowest BCUT2D eigenvalue weighted by Gasteiger charge is -2.36. The number of esters is 1. The third-order valence-electron chi connectivity index (χ3n) is 12.8. The Morgan fingerprint density at radius 1 is 0.697 bits per heavy atom. The van der Waals surface area contributed by atoms with E-state index in [4.69, 9.17) is 9.47 Å². The first-order chi connectivity index (χ1) is 36.3. The summed E-state index contributed by atoms with van der Waals surface area (Å²) in [7, 11) is 0. The van der Waals surface area contributed by atoms with E-state index in [1.807, 2.05) is 6.92 Å². The molecule has 10 N–H and O–H groups in total. The van der Waals surface area contributed by atoms with E-state index >= 15 is 0 Å². The molecule has 1 fully saturated rings. The summed E-state index contributed by atoms with van der Waals surface area (Å²) >= 11 is 0. The van der Waals surface area contributed by atoms with Crippen molar-refractivity contribution in [3.8, 4) is 23.0 Å². The molecule has 0 aliphatic carbocycles. The number of carbonyl (C=O) groups excluding carboxylic acids is 11. The highest BCUT2D eigenvalue weighted by molar-refractivity contribution is 6.02. The van der Waals surface area contributed by atoms with Crippen molar-refractivity contribution in [1.82, 2.24) is 47.4 Å². The van der Waals surface area contributed by atoms with E-state index in [0.29, 0.717) is 55.1 Å². The Balaban J connectivity index is 0.904. The summed E-state index contributed by atoms with van der Waals surface area (Å²) in [6, 6.07) is 10.5. The number of amides is 9. The minimum atomic E-state index is -1.49. The number of rotatable bonds is 25. The molecule has 3 atom stereocenters. The van der Waals surface area contributed by atoms with Crippen LogP contribution in [0.3, 0.4) is 0 Å². The number of phenolic OH excluding ortho intramolecular Hbond substituents is 2. The van der Waals surface area contributed by atoms with Crippen LogP contribution < -0.4 is 47.3 Å². The van der Waals surface area contributed by atoms with E-state index in [1.165, 1.54) is 35.2 Å². The van der Waals surface area contributed by atoms with E-state index in [9.17, 15) is 63.0 Å². The standard InChI is InChI=1S/C52H63N9O15/c1-4-5-10-38(60-50(73)39-11-8-19-61(39)46(69)27-56-43(66)24-54-42(65)23-55-44(67)25-57-47(70)29(2)3)49(72)58-26-45(68)59-31(28-62)9-6-7-18-53-48(71)30-12-15-35-34(20-30)51(74)76-52(35)36-16-13-32(63)21-40(36)75-41-22-33(64)14-17-37(41)52/h12-17,20-22,28-29,31,38-39,63-64H,4-11,18-19,23-27H2,1-3H3,(H,53,71)(H,54,65)(H,55,67)(H,56,66)(H,57,70)(H,58,72)(H,59,68)(H,60,73). The van der Waals surface area contributed by atoms with Crippen molar-refractivity contribution in [2.75, 3.05) is 45.8 Å². The van der Waals surface area contributed by atoms with Crippen molar-refractivity contribution in [2.24, 2.45) is 5.92 Å². The van der Waals surface area contributed by atoms with E-state index < -0.39 is 103 Å². The largest absolute Gasteiger partial charge is 0.508 e. The highest BCUT2D eigenvalue weighted by Crippen LogP contribution is 2.57. The Morgan fingerprint density at radius 3 is 1.91 bits per heavy atom. The van der Waals surface area contributed by atoms with Crippen LogP contribution in [0.15, 0.2) is 54.6 Å². The van der Waals surface area contributed by atoms with Gasteiger partial charge in [0, 0.05) is 53.4 Å². The fourth-order valence-corrected chi connectivity index (χ4v) is 8.84. The SMILES string of the molecule is CCCCC(NC(=O)C1CCCN1C(=O)CNC(=O)CNC(=O)CNC(=O)CNC(=O)C(C)C)C(=O)NCC(=O)NC(C=O)CCCCNC(=O)c1ccc2c(c1)C(=O)OC21c2ccc(O)cc2Oc2cc(O)ccc21. The fraction of sp³-hybridized carbons (Fsp3) is 0.442. The number of unbranched alkanes of at least 4 members (excludes halogenated alkanes) is 2. The summed E-state index contributed by atoms with van der Waals surface area (Å²) in [5.74, 6) is -6.06. The minimum Gasteiger partial charge on any atom is -0.508 e. The van der Waals surface area contributed by atoms with E-state index in [2.05, 4.69) is 42.5 Å². The maximum Gasteiger partial charge on any atom is 0.340 e. The molecule has 3 unspecified atom stereocenters. The van der Waals surface area contributed by atoms with Gasteiger partial charge in [0.15, 0.2) is 5.60 Å². The Kier molecular flexibility index (Phi) is 19.5. The fourth-order valence-electron chi connectivity index (χ4n) is 8.84. The summed E-state index contributed by atoms with van der Waals surface area (Å²) in [5, 5.41) is 40.3. The number of hydrogen-bond acceptors (Lipinski definition) is 15. The van der Waals surface area contributed by atoms with Crippen molar-refractivity contribution in [1.29, 1.82) is 0 Å². The van der Waals surface area contributed by atoms with Crippen LogP contribution in [-0.2, 0) is 53.5 Å².